The molecule has 3 aliphatic rings. The quantitative estimate of drug-likeness (QED) is 0.714. The zero-order valence-corrected chi connectivity index (χ0v) is 14.6. The molecular formula is C22H28N+. The molecule has 0 saturated heterocycles. The van der Waals surface area contributed by atoms with Crippen LogP contribution >= 0.6 is 0 Å². The summed E-state index contributed by atoms with van der Waals surface area (Å²) in [6, 6.07) is 18.4. The van der Waals surface area contributed by atoms with Crippen LogP contribution in [0.25, 0.3) is 0 Å². The van der Waals surface area contributed by atoms with Gasteiger partial charge in [0, 0.05) is 11.8 Å². The first kappa shape index (κ1) is 15.0. The number of hydrogen-bond acceptors (Lipinski definition) is 0. The van der Waals surface area contributed by atoms with Gasteiger partial charge >= 0.3 is 0 Å². The van der Waals surface area contributed by atoms with E-state index in [4.69, 9.17) is 0 Å². The summed E-state index contributed by atoms with van der Waals surface area (Å²) >= 11 is 0. The third-order valence-corrected chi connectivity index (χ3v) is 5.83. The van der Waals surface area contributed by atoms with Gasteiger partial charge in [0.2, 0.25) is 0 Å². The molecule has 1 unspecified atom stereocenters. The second-order valence-electron chi connectivity index (χ2n) is 8.44. The Hall–Kier alpha value is -1.60. The van der Waals surface area contributed by atoms with Gasteiger partial charge in [-0.25, -0.2) is 0 Å². The molecule has 1 atom stereocenters. The maximum Gasteiger partial charge on any atom is 0.0780 e. The van der Waals surface area contributed by atoms with Gasteiger partial charge in [-0.3, -0.25) is 0 Å². The van der Waals surface area contributed by atoms with Gasteiger partial charge in [0.1, 0.15) is 0 Å². The van der Waals surface area contributed by atoms with E-state index in [1.54, 1.807) is 22.3 Å². The first-order valence-corrected chi connectivity index (χ1v) is 9.03. The highest BCUT2D eigenvalue weighted by Gasteiger charge is 2.42. The van der Waals surface area contributed by atoms with Gasteiger partial charge < -0.3 is 4.48 Å². The molecule has 120 valence electrons. The van der Waals surface area contributed by atoms with E-state index in [0.29, 0.717) is 11.8 Å². The van der Waals surface area contributed by atoms with E-state index in [1.807, 2.05) is 0 Å². The van der Waals surface area contributed by atoms with Gasteiger partial charge in [0.15, 0.2) is 0 Å². The molecule has 2 aromatic rings. The molecule has 0 aromatic heterocycles. The van der Waals surface area contributed by atoms with Crippen LogP contribution in [0.1, 0.15) is 53.4 Å². The van der Waals surface area contributed by atoms with Crippen LogP contribution in [-0.2, 0) is 0 Å². The van der Waals surface area contributed by atoms with Crippen LogP contribution in [0.4, 0.5) is 0 Å². The highest BCUT2D eigenvalue weighted by atomic mass is 15.3. The summed E-state index contributed by atoms with van der Waals surface area (Å²) in [4.78, 5) is 0. The Morgan fingerprint density at radius 2 is 1.35 bits per heavy atom. The maximum absolute atomic E-state index is 2.38. The van der Waals surface area contributed by atoms with Crippen LogP contribution in [0.5, 0.6) is 0 Å². The molecule has 2 aromatic carbocycles. The fourth-order valence-electron chi connectivity index (χ4n) is 4.87. The van der Waals surface area contributed by atoms with E-state index < -0.39 is 0 Å². The van der Waals surface area contributed by atoms with E-state index in [0.717, 1.165) is 10.4 Å². The van der Waals surface area contributed by atoms with E-state index in [1.165, 1.54) is 25.8 Å². The molecular weight excluding hydrogens is 278 g/mol. The predicted molar refractivity (Wildman–Crippen MR) is 96.8 cm³/mol. The van der Waals surface area contributed by atoms with Crippen LogP contribution < -0.4 is 0 Å². The van der Waals surface area contributed by atoms with E-state index in [9.17, 15) is 0 Å². The molecule has 3 aliphatic carbocycles. The number of nitrogens with zero attached hydrogens (tertiary/aromatic N) is 1. The standard InChI is InChI=1S/C22H28N/c1-23(2,3)14-8-9-16-15-21-17-10-4-6-12-19(17)22(16)20-13-7-5-11-18(20)21/h4-7,10-13,16,21-22H,8-9,14-15H2,1-3H3/q+1. The lowest BCUT2D eigenvalue weighted by Crippen LogP contribution is -2.36. The topological polar surface area (TPSA) is 0 Å². The largest absolute Gasteiger partial charge is 0.331 e. The predicted octanol–water partition coefficient (Wildman–Crippen LogP) is 4.77. The van der Waals surface area contributed by atoms with Crippen molar-refractivity contribution in [3.63, 3.8) is 0 Å². The molecule has 0 heterocycles. The number of benzene rings is 2. The Balaban J connectivity index is 1.66. The molecule has 0 N–H and O–H groups in total. The van der Waals surface area contributed by atoms with Crippen LogP contribution in [0, 0.1) is 5.92 Å². The van der Waals surface area contributed by atoms with Crippen molar-refractivity contribution >= 4 is 0 Å². The Morgan fingerprint density at radius 1 is 0.826 bits per heavy atom. The molecule has 1 heteroatoms. The lowest BCUT2D eigenvalue weighted by atomic mass is 9.58. The number of quaternary nitrogens is 1. The summed E-state index contributed by atoms with van der Waals surface area (Å²) in [5.74, 6) is 2.07. The van der Waals surface area contributed by atoms with Gasteiger partial charge in [0.05, 0.1) is 27.7 Å². The summed E-state index contributed by atoms with van der Waals surface area (Å²) in [5.41, 5.74) is 6.41. The zero-order chi connectivity index (χ0) is 16.0. The van der Waals surface area contributed by atoms with Gasteiger partial charge in [0.25, 0.3) is 0 Å². The molecule has 0 saturated carbocycles. The van der Waals surface area contributed by atoms with Gasteiger partial charge in [-0.1, -0.05) is 48.5 Å². The van der Waals surface area contributed by atoms with E-state index in [2.05, 4.69) is 69.7 Å². The Labute approximate surface area is 140 Å². The second-order valence-corrected chi connectivity index (χ2v) is 8.44. The fourth-order valence-corrected chi connectivity index (χ4v) is 4.87. The molecule has 2 bridgehead atoms. The van der Waals surface area contributed by atoms with Gasteiger partial charge in [-0.15, -0.1) is 0 Å². The minimum atomic E-state index is 0.625. The van der Waals surface area contributed by atoms with Crippen LogP contribution in [0.2, 0.25) is 0 Å². The molecule has 5 rings (SSSR count). The third-order valence-electron chi connectivity index (χ3n) is 5.83. The average molecular weight is 306 g/mol. The van der Waals surface area contributed by atoms with Crippen LogP contribution in [0.3, 0.4) is 0 Å². The molecule has 0 aliphatic heterocycles. The molecule has 0 spiro atoms. The van der Waals surface area contributed by atoms with E-state index in [-0.39, 0.29) is 0 Å². The Morgan fingerprint density at radius 3 is 1.87 bits per heavy atom. The number of hydrogen-bond donors (Lipinski definition) is 0. The third kappa shape index (κ3) is 2.61. The zero-order valence-electron chi connectivity index (χ0n) is 14.6. The normalized spacial score (nSPS) is 25.1. The minimum absolute atomic E-state index is 0.625. The summed E-state index contributed by atoms with van der Waals surface area (Å²) < 4.78 is 1.08. The monoisotopic (exact) mass is 306 g/mol. The number of fused-ring (bicyclic) bond motifs is 1. The SMILES string of the molecule is C[N+](C)(C)CCCC1CC2c3ccccc3C1c1ccccc12. The Bertz CT molecular complexity index is 662. The van der Waals surface area contributed by atoms with E-state index >= 15 is 0 Å². The smallest absolute Gasteiger partial charge is 0.0780 e. The highest BCUT2D eigenvalue weighted by molar-refractivity contribution is 5.55. The van der Waals surface area contributed by atoms with Crippen molar-refractivity contribution in [2.24, 2.45) is 5.92 Å². The van der Waals surface area contributed by atoms with Gasteiger partial charge in [-0.05, 0) is 47.4 Å². The minimum Gasteiger partial charge on any atom is -0.331 e. The Kier molecular flexibility index (Phi) is 3.57. The van der Waals surface area contributed by atoms with Gasteiger partial charge in [-0.2, -0.15) is 0 Å². The number of rotatable bonds is 4. The van der Waals surface area contributed by atoms with Crippen molar-refractivity contribution in [1.82, 2.24) is 0 Å². The lowest BCUT2D eigenvalue weighted by molar-refractivity contribution is -0.870. The van der Waals surface area contributed by atoms with Crippen molar-refractivity contribution in [2.45, 2.75) is 31.1 Å². The van der Waals surface area contributed by atoms with Crippen molar-refractivity contribution in [3.05, 3.63) is 70.8 Å². The molecule has 0 fully saturated rings. The van der Waals surface area contributed by atoms with Crippen molar-refractivity contribution in [2.75, 3.05) is 27.7 Å². The fraction of sp³-hybridized carbons (Fsp3) is 0.455. The summed E-state index contributed by atoms with van der Waals surface area (Å²) in [6.45, 7) is 1.27. The molecule has 0 amide bonds. The first-order valence-electron chi connectivity index (χ1n) is 9.03. The second kappa shape index (κ2) is 5.49. The molecule has 23 heavy (non-hydrogen) atoms. The summed E-state index contributed by atoms with van der Waals surface area (Å²) in [7, 11) is 6.91. The van der Waals surface area contributed by atoms with Crippen molar-refractivity contribution in [3.8, 4) is 0 Å². The molecule has 0 radical (unpaired) electrons. The first-order chi connectivity index (χ1) is 11.0. The van der Waals surface area contributed by atoms with Crippen LogP contribution in [0.15, 0.2) is 48.5 Å². The lowest BCUT2D eigenvalue weighted by Gasteiger charge is -2.46. The van der Waals surface area contributed by atoms with Crippen molar-refractivity contribution < 1.29 is 4.48 Å². The summed E-state index contributed by atoms with van der Waals surface area (Å²) in [5, 5.41) is 0. The maximum atomic E-state index is 2.38. The summed E-state index contributed by atoms with van der Waals surface area (Å²) in [6.07, 6.45) is 4.04. The highest BCUT2D eigenvalue weighted by Crippen LogP contribution is 2.56. The average Bonchev–Trinajstić information content (AvgIpc) is 2.54. The van der Waals surface area contributed by atoms with Crippen LogP contribution in [-0.4, -0.2) is 32.2 Å². The molecule has 1 nitrogen and oxygen atoms in total. The van der Waals surface area contributed by atoms with Crippen molar-refractivity contribution in [1.29, 1.82) is 0 Å².